The van der Waals surface area contributed by atoms with Crippen molar-refractivity contribution in [2.45, 2.75) is 57.9 Å². The first kappa shape index (κ1) is 25.7. The molecule has 1 saturated carbocycles. The number of benzene rings is 1. The largest absolute Gasteiger partial charge is 0.508 e. The number of phenolic OH excluding ortho intramolecular Hbond substituents is 1. The Morgan fingerprint density at radius 1 is 1.10 bits per heavy atom. The highest BCUT2D eigenvalue weighted by molar-refractivity contribution is 14.0. The van der Waals surface area contributed by atoms with E-state index in [1.165, 1.54) is 38.6 Å². The standard InChI is InChI=1S/C23H37N5O2.HI/c1-2-24-23(25-16-22(30)26-19-8-10-21(29)11-9-19)27-20-12-14-28(15-13-20)17-18-6-4-3-5-7-18;/h8-11,18,20,29H,2-7,12-17H2,1H3,(H,26,30)(H2,24,25,27);1H. The molecule has 1 aliphatic carbocycles. The molecule has 1 saturated heterocycles. The number of nitrogens with zero attached hydrogens (tertiary/aromatic N) is 2. The predicted octanol–water partition coefficient (Wildman–Crippen LogP) is 3.55. The molecule has 0 unspecified atom stereocenters. The van der Waals surface area contributed by atoms with Gasteiger partial charge in [-0.3, -0.25) is 4.79 Å². The Morgan fingerprint density at radius 2 is 1.77 bits per heavy atom. The Labute approximate surface area is 203 Å². The number of hydrogen-bond donors (Lipinski definition) is 4. The molecule has 4 N–H and O–H groups in total. The Kier molecular flexibility index (Phi) is 11.4. The van der Waals surface area contributed by atoms with Crippen molar-refractivity contribution >= 4 is 41.5 Å². The van der Waals surface area contributed by atoms with E-state index in [2.05, 4.69) is 25.8 Å². The van der Waals surface area contributed by atoms with Crippen LogP contribution < -0.4 is 16.0 Å². The van der Waals surface area contributed by atoms with Crippen LogP contribution in [0.1, 0.15) is 51.9 Å². The molecule has 2 aliphatic rings. The summed E-state index contributed by atoms with van der Waals surface area (Å²) in [6.07, 6.45) is 9.26. The number of phenols is 1. The van der Waals surface area contributed by atoms with Crippen molar-refractivity contribution in [3.8, 4) is 5.75 Å². The van der Waals surface area contributed by atoms with Gasteiger partial charge in [0.2, 0.25) is 5.91 Å². The van der Waals surface area contributed by atoms with Crippen LogP contribution in [-0.4, -0.2) is 60.6 Å². The van der Waals surface area contributed by atoms with Crippen molar-refractivity contribution in [3.63, 3.8) is 0 Å². The number of carbonyl (C=O) groups is 1. The third-order valence-corrected chi connectivity index (χ3v) is 6.05. The maximum Gasteiger partial charge on any atom is 0.246 e. The van der Waals surface area contributed by atoms with Crippen LogP contribution >= 0.6 is 24.0 Å². The molecule has 1 aromatic rings. The Balaban J connectivity index is 0.00000341. The second-order valence-electron chi connectivity index (χ2n) is 8.51. The highest BCUT2D eigenvalue weighted by Crippen LogP contribution is 2.25. The lowest BCUT2D eigenvalue weighted by molar-refractivity contribution is -0.114. The maximum atomic E-state index is 12.2. The number of halogens is 1. The fourth-order valence-electron chi connectivity index (χ4n) is 4.40. The first-order chi connectivity index (χ1) is 14.6. The summed E-state index contributed by atoms with van der Waals surface area (Å²) in [4.78, 5) is 19.3. The molecule has 1 aliphatic heterocycles. The molecule has 2 fully saturated rings. The molecule has 1 amide bonds. The van der Waals surface area contributed by atoms with Crippen LogP contribution in [0.4, 0.5) is 5.69 Å². The summed E-state index contributed by atoms with van der Waals surface area (Å²) in [5.41, 5.74) is 0.649. The molecule has 0 aromatic heterocycles. The summed E-state index contributed by atoms with van der Waals surface area (Å²) in [5, 5.41) is 18.9. The van der Waals surface area contributed by atoms with Crippen LogP contribution in [0.25, 0.3) is 0 Å². The van der Waals surface area contributed by atoms with Gasteiger partial charge in [0.05, 0.1) is 0 Å². The minimum absolute atomic E-state index is 0. The molecule has 1 aromatic carbocycles. The minimum atomic E-state index is -0.180. The van der Waals surface area contributed by atoms with Gasteiger partial charge in [0.1, 0.15) is 12.3 Å². The molecule has 0 bridgehead atoms. The van der Waals surface area contributed by atoms with E-state index in [0.29, 0.717) is 17.7 Å². The van der Waals surface area contributed by atoms with Gasteiger partial charge in [0, 0.05) is 37.9 Å². The zero-order valence-electron chi connectivity index (χ0n) is 18.6. The van der Waals surface area contributed by atoms with Gasteiger partial charge in [-0.1, -0.05) is 19.3 Å². The first-order valence-electron chi connectivity index (χ1n) is 11.5. The lowest BCUT2D eigenvalue weighted by Gasteiger charge is -2.36. The number of nitrogens with one attached hydrogen (secondary N) is 3. The Morgan fingerprint density at radius 3 is 2.42 bits per heavy atom. The van der Waals surface area contributed by atoms with Crippen LogP contribution in [0.5, 0.6) is 5.75 Å². The lowest BCUT2D eigenvalue weighted by atomic mass is 9.88. The smallest absolute Gasteiger partial charge is 0.246 e. The fraction of sp³-hybridized carbons (Fsp3) is 0.652. The number of piperidine rings is 1. The van der Waals surface area contributed by atoms with Crippen LogP contribution in [-0.2, 0) is 4.79 Å². The number of guanidine groups is 1. The van der Waals surface area contributed by atoms with E-state index < -0.39 is 0 Å². The summed E-state index contributed by atoms with van der Waals surface area (Å²) in [7, 11) is 0. The summed E-state index contributed by atoms with van der Waals surface area (Å²) in [6.45, 7) is 6.37. The second-order valence-corrected chi connectivity index (χ2v) is 8.51. The summed E-state index contributed by atoms with van der Waals surface area (Å²) in [5.74, 6) is 1.59. The van der Waals surface area contributed by atoms with Crippen LogP contribution in [0, 0.1) is 5.92 Å². The number of anilines is 1. The topological polar surface area (TPSA) is 89.0 Å². The van der Waals surface area contributed by atoms with Crippen molar-refractivity contribution < 1.29 is 9.90 Å². The Bertz CT molecular complexity index is 684. The summed E-state index contributed by atoms with van der Waals surface area (Å²) >= 11 is 0. The van der Waals surface area contributed by atoms with Gasteiger partial charge in [-0.25, -0.2) is 4.99 Å². The van der Waals surface area contributed by atoms with E-state index in [1.807, 2.05) is 6.92 Å². The molecule has 1 heterocycles. The highest BCUT2D eigenvalue weighted by Gasteiger charge is 2.23. The number of aromatic hydroxyl groups is 1. The number of hydrogen-bond acceptors (Lipinski definition) is 4. The van der Waals surface area contributed by atoms with Crippen molar-refractivity contribution in [3.05, 3.63) is 24.3 Å². The lowest BCUT2D eigenvalue weighted by Crippen LogP contribution is -2.49. The van der Waals surface area contributed by atoms with E-state index in [-0.39, 0.29) is 42.2 Å². The maximum absolute atomic E-state index is 12.2. The SMILES string of the molecule is CCNC(=NCC(=O)Nc1ccc(O)cc1)NC1CCN(CC2CCCCC2)CC1.I. The monoisotopic (exact) mass is 543 g/mol. The molecular weight excluding hydrogens is 505 g/mol. The van der Waals surface area contributed by atoms with Gasteiger partial charge in [0.15, 0.2) is 5.96 Å². The zero-order chi connectivity index (χ0) is 21.2. The normalized spacial score (nSPS) is 18.8. The average Bonchev–Trinajstić information content (AvgIpc) is 2.76. The van der Waals surface area contributed by atoms with Crippen LogP contribution in [0.15, 0.2) is 29.3 Å². The fourth-order valence-corrected chi connectivity index (χ4v) is 4.40. The van der Waals surface area contributed by atoms with Gasteiger partial charge in [0.25, 0.3) is 0 Å². The predicted molar refractivity (Wildman–Crippen MR) is 137 cm³/mol. The number of amides is 1. The third-order valence-electron chi connectivity index (χ3n) is 6.05. The number of carbonyl (C=O) groups excluding carboxylic acids is 1. The molecule has 7 nitrogen and oxygen atoms in total. The van der Waals surface area contributed by atoms with Gasteiger partial charge >= 0.3 is 0 Å². The number of rotatable bonds is 7. The third kappa shape index (κ3) is 9.22. The second kappa shape index (κ2) is 13.8. The van der Waals surface area contributed by atoms with Gasteiger partial charge in [-0.05, 0) is 62.8 Å². The van der Waals surface area contributed by atoms with Crippen molar-refractivity contribution in [1.82, 2.24) is 15.5 Å². The minimum Gasteiger partial charge on any atom is -0.508 e. The van der Waals surface area contributed by atoms with E-state index in [0.717, 1.165) is 38.4 Å². The molecule has 31 heavy (non-hydrogen) atoms. The van der Waals surface area contributed by atoms with Gasteiger partial charge < -0.3 is 26.0 Å². The average molecular weight is 543 g/mol. The molecule has 174 valence electrons. The van der Waals surface area contributed by atoms with Crippen molar-refractivity contribution in [1.29, 1.82) is 0 Å². The zero-order valence-corrected chi connectivity index (χ0v) is 20.9. The summed E-state index contributed by atoms with van der Waals surface area (Å²) in [6, 6.07) is 6.82. The van der Waals surface area contributed by atoms with E-state index in [4.69, 9.17) is 0 Å². The summed E-state index contributed by atoms with van der Waals surface area (Å²) < 4.78 is 0. The molecule has 3 rings (SSSR count). The van der Waals surface area contributed by atoms with E-state index >= 15 is 0 Å². The quantitative estimate of drug-likeness (QED) is 0.183. The van der Waals surface area contributed by atoms with Crippen LogP contribution in [0.3, 0.4) is 0 Å². The van der Waals surface area contributed by atoms with Gasteiger partial charge in [-0.2, -0.15) is 0 Å². The number of aliphatic imine (C=N–C) groups is 1. The highest BCUT2D eigenvalue weighted by atomic mass is 127. The van der Waals surface area contributed by atoms with Crippen molar-refractivity contribution in [2.24, 2.45) is 10.9 Å². The van der Waals surface area contributed by atoms with Gasteiger partial charge in [-0.15, -0.1) is 24.0 Å². The molecule has 0 atom stereocenters. The molecule has 0 radical (unpaired) electrons. The van der Waals surface area contributed by atoms with Crippen LogP contribution in [0.2, 0.25) is 0 Å². The van der Waals surface area contributed by atoms with E-state index in [1.54, 1.807) is 24.3 Å². The number of likely N-dealkylation sites (tertiary alicyclic amines) is 1. The molecule has 0 spiro atoms. The van der Waals surface area contributed by atoms with Crippen molar-refractivity contribution in [2.75, 3.05) is 38.0 Å². The molecular formula is C23H38IN5O2. The molecule has 8 heteroatoms. The Hall–Kier alpha value is -1.55. The first-order valence-corrected chi connectivity index (χ1v) is 11.5. The van der Waals surface area contributed by atoms with E-state index in [9.17, 15) is 9.90 Å².